The van der Waals surface area contributed by atoms with E-state index in [0.29, 0.717) is 5.92 Å². The molecule has 0 amide bonds. The fourth-order valence-corrected chi connectivity index (χ4v) is 0.565. The zero-order valence-corrected chi connectivity index (χ0v) is 6.81. The Morgan fingerprint density at radius 3 is 1.28 bits per heavy atom. The standard InChI is InChI=1S/C8H18O.9CH4/c1-4-5-6-9-7-8(2)3;;;;;;;;;/h8H,4-7H2,1-3H3;9*1H4. The molecule has 18 heavy (non-hydrogen) atoms. The van der Waals surface area contributed by atoms with E-state index in [0.717, 1.165) is 13.2 Å². The van der Waals surface area contributed by atoms with Gasteiger partial charge in [0.25, 0.3) is 0 Å². The molecule has 0 heterocycles. The topological polar surface area (TPSA) is 9.23 Å². The van der Waals surface area contributed by atoms with Crippen LogP contribution in [0.3, 0.4) is 0 Å². The van der Waals surface area contributed by atoms with Gasteiger partial charge in [0.2, 0.25) is 0 Å². The van der Waals surface area contributed by atoms with Gasteiger partial charge < -0.3 is 4.74 Å². The smallest absolute Gasteiger partial charge is 0.0488 e. The number of ether oxygens (including phenoxy) is 1. The predicted molar refractivity (Wildman–Crippen MR) is 101 cm³/mol. The SMILES string of the molecule is C.C.C.C.C.C.C.C.C.CCCCOCC(C)C. The van der Waals surface area contributed by atoms with Crippen molar-refractivity contribution < 1.29 is 4.74 Å². The number of rotatable bonds is 5. The summed E-state index contributed by atoms with van der Waals surface area (Å²) in [6.07, 6.45) is 2.44. The third-order valence-corrected chi connectivity index (χ3v) is 1.09. The number of hydrogen-bond acceptors (Lipinski definition) is 1. The van der Waals surface area contributed by atoms with Crippen molar-refractivity contribution in [3.05, 3.63) is 0 Å². The van der Waals surface area contributed by atoms with Crippen molar-refractivity contribution in [2.24, 2.45) is 5.92 Å². The molecule has 128 valence electrons. The highest BCUT2D eigenvalue weighted by molar-refractivity contribution is 4.39. The quantitative estimate of drug-likeness (QED) is 0.459. The molecule has 1 nitrogen and oxygen atoms in total. The molecule has 1 heteroatoms. The number of hydrogen-bond donors (Lipinski definition) is 0. The molecule has 0 aliphatic rings. The van der Waals surface area contributed by atoms with Gasteiger partial charge in [-0.15, -0.1) is 0 Å². The summed E-state index contributed by atoms with van der Waals surface area (Å²) in [6.45, 7) is 8.38. The van der Waals surface area contributed by atoms with Crippen LogP contribution in [0.4, 0.5) is 0 Å². The first-order valence-electron chi connectivity index (χ1n) is 3.85. The van der Waals surface area contributed by atoms with Crippen molar-refractivity contribution in [2.75, 3.05) is 13.2 Å². The van der Waals surface area contributed by atoms with E-state index in [-0.39, 0.29) is 66.8 Å². The summed E-state index contributed by atoms with van der Waals surface area (Å²) in [7, 11) is 0. The lowest BCUT2D eigenvalue weighted by Crippen LogP contribution is -2.02. The number of unbranched alkanes of at least 4 members (excludes halogenated alkanes) is 1. The summed E-state index contributed by atoms with van der Waals surface area (Å²) in [4.78, 5) is 0. The van der Waals surface area contributed by atoms with Crippen molar-refractivity contribution in [3.63, 3.8) is 0 Å². The minimum atomic E-state index is 0. The van der Waals surface area contributed by atoms with E-state index in [1.807, 2.05) is 0 Å². The Balaban J connectivity index is -0.00000000889. The first-order chi connectivity index (χ1) is 4.27. The van der Waals surface area contributed by atoms with E-state index < -0.39 is 0 Å². The molecular formula is C17H54O. The predicted octanol–water partition coefficient (Wildman–Crippen LogP) is 8.18. The first-order valence-corrected chi connectivity index (χ1v) is 3.85. The highest BCUT2D eigenvalue weighted by atomic mass is 16.5. The van der Waals surface area contributed by atoms with Crippen LogP contribution >= 0.6 is 0 Å². The second kappa shape index (κ2) is 68.2. The van der Waals surface area contributed by atoms with Crippen LogP contribution in [0.2, 0.25) is 0 Å². The molecule has 0 N–H and O–H groups in total. The normalized spacial score (nSPS) is 5.33. The Labute approximate surface area is 125 Å². The third kappa shape index (κ3) is 101. The molecule has 0 spiro atoms. The Morgan fingerprint density at radius 1 is 0.722 bits per heavy atom. The van der Waals surface area contributed by atoms with Crippen molar-refractivity contribution >= 4 is 0 Å². The van der Waals surface area contributed by atoms with E-state index in [4.69, 9.17) is 4.74 Å². The molecular weight excluding hydrogens is 220 g/mol. The molecule has 0 atom stereocenters. The van der Waals surface area contributed by atoms with Gasteiger partial charge in [-0.25, -0.2) is 0 Å². The zero-order chi connectivity index (χ0) is 7.11. The molecule has 0 fully saturated rings. The van der Waals surface area contributed by atoms with Crippen LogP contribution in [0, 0.1) is 5.92 Å². The Kier molecular flexibility index (Phi) is 309. The lowest BCUT2D eigenvalue weighted by atomic mass is 10.2. The molecule has 0 aliphatic carbocycles. The highest BCUT2D eigenvalue weighted by Crippen LogP contribution is 1.94. The first kappa shape index (κ1) is 81.5. The third-order valence-electron chi connectivity index (χ3n) is 1.09. The Bertz CT molecular complexity index is 51.6. The average Bonchev–Trinajstić information content (AvgIpc) is 1.80. The van der Waals surface area contributed by atoms with Gasteiger partial charge in [0.05, 0.1) is 0 Å². The van der Waals surface area contributed by atoms with Crippen LogP contribution in [0.5, 0.6) is 0 Å². The van der Waals surface area contributed by atoms with Crippen LogP contribution in [0.1, 0.15) is 100 Å². The summed E-state index contributed by atoms with van der Waals surface area (Å²) in [5, 5.41) is 0. The highest BCUT2D eigenvalue weighted by Gasteiger charge is 1.91. The van der Waals surface area contributed by atoms with Gasteiger partial charge >= 0.3 is 0 Å². The minimum Gasteiger partial charge on any atom is -0.381 e. The fourth-order valence-electron chi connectivity index (χ4n) is 0.565. The summed E-state index contributed by atoms with van der Waals surface area (Å²) >= 11 is 0. The van der Waals surface area contributed by atoms with E-state index in [9.17, 15) is 0 Å². The lowest BCUT2D eigenvalue weighted by molar-refractivity contribution is 0.107. The second-order valence-corrected chi connectivity index (χ2v) is 2.82. The van der Waals surface area contributed by atoms with Crippen LogP contribution in [0.15, 0.2) is 0 Å². The van der Waals surface area contributed by atoms with E-state index in [1.165, 1.54) is 12.8 Å². The van der Waals surface area contributed by atoms with Crippen LogP contribution < -0.4 is 0 Å². The van der Waals surface area contributed by atoms with E-state index in [1.54, 1.807) is 0 Å². The maximum atomic E-state index is 5.34. The molecule has 0 rings (SSSR count). The minimum absolute atomic E-state index is 0. The molecule has 0 aliphatic heterocycles. The van der Waals surface area contributed by atoms with Gasteiger partial charge in [0.1, 0.15) is 0 Å². The maximum absolute atomic E-state index is 5.34. The lowest BCUT2D eigenvalue weighted by Gasteiger charge is -2.04. The molecule has 0 bridgehead atoms. The molecule has 0 radical (unpaired) electrons. The van der Waals surface area contributed by atoms with E-state index >= 15 is 0 Å². The second-order valence-electron chi connectivity index (χ2n) is 2.82. The largest absolute Gasteiger partial charge is 0.381 e. The van der Waals surface area contributed by atoms with Gasteiger partial charge in [0, 0.05) is 13.2 Å². The fraction of sp³-hybridized carbons (Fsp3) is 1.00. The van der Waals surface area contributed by atoms with Gasteiger partial charge in [-0.3, -0.25) is 0 Å². The van der Waals surface area contributed by atoms with Crippen molar-refractivity contribution in [3.8, 4) is 0 Å². The van der Waals surface area contributed by atoms with Crippen LogP contribution in [-0.2, 0) is 4.74 Å². The molecule has 0 saturated carbocycles. The Hall–Kier alpha value is -0.0400. The summed E-state index contributed by atoms with van der Waals surface area (Å²) in [5.74, 6) is 0.682. The molecule has 0 saturated heterocycles. The van der Waals surface area contributed by atoms with Gasteiger partial charge in [-0.1, -0.05) is 94.0 Å². The van der Waals surface area contributed by atoms with Crippen LogP contribution in [0.25, 0.3) is 0 Å². The average molecular weight is 275 g/mol. The van der Waals surface area contributed by atoms with Gasteiger partial charge in [0.15, 0.2) is 0 Å². The van der Waals surface area contributed by atoms with Gasteiger partial charge in [-0.2, -0.15) is 0 Å². The molecule has 0 aromatic carbocycles. The summed E-state index contributed by atoms with van der Waals surface area (Å²) in [6, 6.07) is 0. The molecule has 0 aromatic rings. The van der Waals surface area contributed by atoms with Crippen LogP contribution in [-0.4, -0.2) is 13.2 Å². The summed E-state index contributed by atoms with van der Waals surface area (Å²) in [5.41, 5.74) is 0. The van der Waals surface area contributed by atoms with Gasteiger partial charge in [-0.05, 0) is 12.3 Å². The zero-order valence-electron chi connectivity index (χ0n) is 6.81. The monoisotopic (exact) mass is 274 g/mol. The molecule has 0 unspecified atom stereocenters. The van der Waals surface area contributed by atoms with Crippen molar-refractivity contribution in [2.45, 2.75) is 100 Å². The van der Waals surface area contributed by atoms with E-state index in [2.05, 4.69) is 20.8 Å². The van der Waals surface area contributed by atoms with Crippen molar-refractivity contribution in [1.82, 2.24) is 0 Å². The summed E-state index contributed by atoms with van der Waals surface area (Å²) < 4.78 is 5.34. The molecule has 0 aromatic heterocycles. The van der Waals surface area contributed by atoms with Crippen molar-refractivity contribution in [1.29, 1.82) is 0 Å². The maximum Gasteiger partial charge on any atom is 0.0488 e. The Morgan fingerprint density at radius 2 is 1.06 bits per heavy atom.